The average Bonchev–Trinajstić information content (AvgIpc) is 2.91. The summed E-state index contributed by atoms with van der Waals surface area (Å²) in [6.07, 6.45) is 0.779. The van der Waals surface area contributed by atoms with Gasteiger partial charge in [0.15, 0.2) is 11.9 Å². The lowest BCUT2D eigenvalue weighted by Crippen LogP contribution is -2.30. The summed E-state index contributed by atoms with van der Waals surface area (Å²) in [5.41, 5.74) is 1.08. The van der Waals surface area contributed by atoms with E-state index >= 15 is 0 Å². The number of rotatable bonds is 5. The van der Waals surface area contributed by atoms with E-state index in [9.17, 15) is 4.79 Å². The molecule has 5 heteroatoms. The molecule has 106 valence electrons. The molecule has 1 aromatic carbocycles. The smallest absolute Gasteiger partial charge is 0.266 e. The van der Waals surface area contributed by atoms with Gasteiger partial charge in [-0.05, 0) is 24.5 Å². The van der Waals surface area contributed by atoms with Crippen LogP contribution in [0.15, 0.2) is 41.1 Å². The van der Waals surface area contributed by atoms with Gasteiger partial charge in [-0.3, -0.25) is 4.79 Å². The van der Waals surface area contributed by atoms with Gasteiger partial charge in [0.2, 0.25) is 0 Å². The van der Waals surface area contributed by atoms with Gasteiger partial charge in [0.25, 0.3) is 5.91 Å². The molecule has 0 spiro atoms. The monoisotopic (exact) mass is 274 g/mol. The Morgan fingerprint density at radius 1 is 1.25 bits per heavy atom. The van der Waals surface area contributed by atoms with Gasteiger partial charge in [-0.25, -0.2) is 0 Å². The molecule has 0 aliphatic carbocycles. The number of carbonyl (C=O) groups is 1. The van der Waals surface area contributed by atoms with Gasteiger partial charge < -0.3 is 14.6 Å². The molecule has 5 nitrogen and oxygen atoms in total. The number of hydrogen-bond acceptors (Lipinski definition) is 4. The minimum atomic E-state index is -0.619. The third-order valence-electron chi connectivity index (χ3n) is 2.90. The Bertz CT molecular complexity index is 564. The molecule has 0 saturated heterocycles. The fraction of sp³-hybridized carbons (Fsp3) is 0.333. The highest BCUT2D eigenvalue weighted by Gasteiger charge is 2.18. The van der Waals surface area contributed by atoms with Gasteiger partial charge in [0.1, 0.15) is 12.0 Å². The van der Waals surface area contributed by atoms with Crippen molar-refractivity contribution >= 4 is 11.7 Å². The Hall–Kier alpha value is -2.30. The van der Waals surface area contributed by atoms with Crippen LogP contribution in [-0.4, -0.2) is 17.2 Å². The van der Waals surface area contributed by atoms with E-state index < -0.39 is 6.10 Å². The summed E-state index contributed by atoms with van der Waals surface area (Å²) < 4.78 is 10.4. The van der Waals surface area contributed by atoms with Crippen LogP contribution >= 0.6 is 0 Å². The molecule has 0 radical (unpaired) electrons. The fourth-order valence-corrected chi connectivity index (χ4v) is 1.81. The van der Waals surface area contributed by atoms with Crippen molar-refractivity contribution in [2.24, 2.45) is 0 Å². The van der Waals surface area contributed by atoms with Gasteiger partial charge in [-0.2, -0.15) is 0 Å². The zero-order valence-corrected chi connectivity index (χ0v) is 11.8. The molecule has 1 atom stereocenters. The molecule has 0 aliphatic rings. The zero-order chi connectivity index (χ0) is 14.5. The van der Waals surface area contributed by atoms with Crippen molar-refractivity contribution < 1.29 is 14.1 Å². The van der Waals surface area contributed by atoms with Crippen LogP contribution < -0.4 is 10.1 Å². The molecule has 0 fully saturated rings. The highest BCUT2D eigenvalue weighted by atomic mass is 16.5. The first-order chi connectivity index (χ1) is 9.58. The van der Waals surface area contributed by atoms with E-state index in [0.717, 1.165) is 11.3 Å². The van der Waals surface area contributed by atoms with Crippen LogP contribution in [0.4, 0.5) is 5.82 Å². The summed E-state index contributed by atoms with van der Waals surface area (Å²) in [7, 11) is 0. The highest BCUT2D eigenvalue weighted by molar-refractivity contribution is 5.93. The van der Waals surface area contributed by atoms with Crippen LogP contribution in [0.3, 0.4) is 0 Å². The van der Waals surface area contributed by atoms with Gasteiger partial charge in [-0.15, -0.1) is 0 Å². The first-order valence-electron chi connectivity index (χ1n) is 6.54. The Labute approximate surface area is 117 Å². The van der Waals surface area contributed by atoms with E-state index in [1.54, 1.807) is 13.0 Å². The van der Waals surface area contributed by atoms with E-state index in [4.69, 9.17) is 4.74 Å². The Balaban J connectivity index is 2.04. The minimum Gasteiger partial charge on any atom is -0.481 e. The van der Waals surface area contributed by atoms with E-state index in [2.05, 4.69) is 28.8 Å². The summed E-state index contributed by atoms with van der Waals surface area (Å²) in [6.45, 7) is 5.87. The zero-order valence-electron chi connectivity index (χ0n) is 11.8. The van der Waals surface area contributed by atoms with E-state index in [1.807, 2.05) is 24.3 Å². The Kier molecular flexibility index (Phi) is 4.40. The van der Waals surface area contributed by atoms with Crippen molar-refractivity contribution in [1.29, 1.82) is 0 Å². The normalized spacial score (nSPS) is 12.2. The predicted molar refractivity (Wildman–Crippen MR) is 75.8 cm³/mol. The number of anilines is 1. The van der Waals surface area contributed by atoms with E-state index in [0.29, 0.717) is 11.7 Å². The molecule has 0 aliphatic heterocycles. The van der Waals surface area contributed by atoms with Crippen molar-refractivity contribution in [2.75, 3.05) is 5.32 Å². The lowest BCUT2D eigenvalue weighted by Gasteiger charge is -2.18. The topological polar surface area (TPSA) is 64.4 Å². The van der Waals surface area contributed by atoms with Crippen molar-refractivity contribution in [3.63, 3.8) is 0 Å². The van der Waals surface area contributed by atoms with Crippen LogP contribution in [0.5, 0.6) is 5.75 Å². The molecule has 1 heterocycles. The number of nitrogens with one attached hydrogen (secondary N) is 1. The SMILES string of the molecule is CC(Oc1ccccc1C(C)C)C(=O)Nc1ccon1. The van der Waals surface area contributed by atoms with Crippen LogP contribution in [-0.2, 0) is 4.79 Å². The minimum absolute atomic E-state index is 0.266. The molecule has 1 N–H and O–H groups in total. The van der Waals surface area contributed by atoms with E-state index in [1.165, 1.54) is 6.26 Å². The molecule has 2 aromatic rings. The number of benzene rings is 1. The number of amides is 1. The third kappa shape index (κ3) is 3.38. The number of para-hydroxylation sites is 1. The number of hydrogen-bond donors (Lipinski definition) is 1. The molecule has 2 rings (SSSR count). The van der Waals surface area contributed by atoms with Crippen molar-refractivity contribution in [3.8, 4) is 5.75 Å². The first-order valence-corrected chi connectivity index (χ1v) is 6.54. The van der Waals surface area contributed by atoms with E-state index in [-0.39, 0.29) is 5.91 Å². The summed E-state index contributed by atoms with van der Waals surface area (Å²) in [5, 5.41) is 6.25. The average molecular weight is 274 g/mol. The lowest BCUT2D eigenvalue weighted by atomic mass is 10.0. The highest BCUT2D eigenvalue weighted by Crippen LogP contribution is 2.26. The molecule has 0 bridgehead atoms. The summed E-state index contributed by atoms with van der Waals surface area (Å²) >= 11 is 0. The van der Waals surface area contributed by atoms with Crippen LogP contribution in [0.2, 0.25) is 0 Å². The summed E-state index contributed by atoms with van der Waals surface area (Å²) in [4.78, 5) is 12.0. The number of carbonyl (C=O) groups excluding carboxylic acids is 1. The van der Waals surface area contributed by atoms with Crippen LogP contribution in [0.25, 0.3) is 0 Å². The maximum absolute atomic E-state index is 12.0. The van der Waals surface area contributed by atoms with Crippen molar-refractivity contribution in [3.05, 3.63) is 42.2 Å². The molecule has 0 saturated carbocycles. The Morgan fingerprint density at radius 2 is 2.00 bits per heavy atom. The second kappa shape index (κ2) is 6.23. The molecule has 1 unspecified atom stereocenters. The summed E-state index contributed by atoms with van der Waals surface area (Å²) in [5.74, 6) is 1.17. The van der Waals surface area contributed by atoms with Gasteiger partial charge >= 0.3 is 0 Å². The maximum atomic E-state index is 12.0. The maximum Gasteiger partial charge on any atom is 0.266 e. The molecule has 1 amide bonds. The lowest BCUT2D eigenvalue weighted by molar-refractivity contribution is -0.122. The second-order valence-electron chi connectivity index (χ2n) is 4.83. The second-order valence-corrected chi connectivity index (χ2v) is 4.83. The van der Waals surface area contributed by atoms with Gasteiger partial charge in [0, 0.05) is 6.07 Å². The first kappa shape index (κ1) is 14.1. The molecule has 1 aromatic heterocycles. The van der Waals surface area contributed by atoms with Gasteiger partial charge in [0.05, 0.1) is 0 Å². The molecular formula is C15H18N2O3. The quantitative estimate of drug-likeness (QED) is 0.909. The standard InChI is InChI=1S/C15H18N2O3/c1-10(2)12-6-4-5-7-13(12)20-11(3)15(18)16-14-8-9-19-17-14/h4-11H,1-3H3,(H,16,17,18). The van der Waals surface area contributed by atoms with Crippen molar-refractivity contribution in [2.45, 2.75) is 32.8 Å². The fourth-order valence-electron chi connectivity index (χ4n) is 1.81. The number of nitrogens with zero attached hydrogens (tertiary/aromatic N) is 1. The Morgan fingerprint density at radius 3 is 2.65 bits per heavy atom. The van der Waals surface area contributed by atoms with Crippen molar-refractivity contribution in [1.82, 2.24) is 5.16 Å². The largest absolute Gasteiger partial charge is 0.481 e. The van der Waals surface area contributed by atoms with Gasteiger partial charge in [-0.1, -0.05) is 37.2 Å². The number of ether oxygens (including phenoxy) is 1. The van der Waals surface area contributed by atoms with Crippen LogP contribution in [0, 0.1) is 0 Å². The number of aromatic nitrogens is 1. The summed E-state index contributed by atoms with van der Waals surface area (Å²) in [6, 6.07) is 9.30. The third-order valence-corrected chi connectivity index (χ3v) is 2.90. The van der Waals surface area contributed by atoms with Crippen LogP contribution in [0.1, 0.15) is 32.3 Å². The molecular weight excluding hydrogens is 256 g/mol. The predicted octanol–water partition coefficient (Wildman–Crippen LogP) is 3.20. The molecule has 20 heavy (non-hydrogen) atoms.